The van der Waals surface area contributed by atoms with E-state index < -0.39 is 0 Å². The van der Waals surface area contributed by atoms with Crippen LogP contribution < -0.4 is 0 Å². The monoisotopic (exact) mass is 321 g/mol. The van der Waals surface area contributed by atoms with Crippen molar-refractivity contribution in [1.82, 2.24) is 0 Å². The third-order valence-corrected chi connectivity index (χ3v) is 1.56. The highest BCUT2D eigenvalue weighted by Gasteiger charge is 1.82. The van der Waals surface area contributed by atoms with Crippen LogP contribution >= 0.6 is 25.8 Å². The summed E-state index contributed by atoms with van der Waals surface area (Å²) in [5.74, 6) is 0. The Morgan fingerprint density at radius 3 is 2.23 bits per heavy atom. The van der Waals surface area contributed by atoms with Crippen molar-refractivity contribution in [1.29, 1.82) is 0 Å². The molecule has 75 valence electrons. The maximum absolute atomic E-state index is 3.73. The van der Waals surface area contributed by atoms with E-state index in [9.17, 15) is 0 Å². The molecule has 3 heteroatoms. The summed E-state index contributed by atoms with van der Waals surface area (Å²) in [5.41, 5.74) is 0. The smallest absolute Gasteiger partial charge is 0.280 e. The third kappa shape index (κ3) is 24.7. The number of rotatable bonds is 6. The van der Waals surface area contributed by atoms with Crippen molar-refractivity contribution in [3.8, 4) is 0 Å². The fourth-order valence-electron chi connectivity index (χ4n) is 0.925. The number of hydrogen-bond donors (Lipinski definition) is 0. The first-order valence-electron chi connectivity index (χ1n) is 4.89. The average Bonchev–Trinajstić information content (AvgIpc) is 2.13. The zero-order valence-electron chi connectivity index (χ0n) is 8.57. The molecule has 0 saturated carbocycles. The minimum absolute atomic E-state index is 0.0417. The molecule has 0 atom stereocenters. The molecule has 13 heavy (non-hydrogen) atoms. The molecule has 0 aliphatic carbocycles. The van der Waals surface area contributed by atoms with Crippen molar-refractivity contribution in [2.45, 2.75) is 45.4 Å². The van der Waals surface area contributed by atoms with Gasteiger partial charge in [0, 0.05) is 0 Å². The quantitative estimate of drug-likeness (QED) is 0.365. The van der Waals surface area contributed by atoms with Crippen LogP contribution in [0.2, 0.25) is 0 Å². The Morgan fingerprint density at radius 2 is 1.77 bits per heavy atom. The molecule has 0 saturated heterocycles. The first-order valence-corrected chi connectivity index (χ1v) is 12.7. The van der Waals surface area contributed by atoms with E-state index in [0.717, 1.165) is 6.42 Å². The van der Waals surface area contributed by atoms with Crippen molar-refractivity contribution in [3.05, 3.63) is 19.1 Å². The average molecular weight is 323 g/mol. The largest absolute Gasteiger partial charge is 0.560 e. The van der Waals surface area contributed by atoms with Crippen LogP contribution in [0.1, 0.15) is 45.4 Å². The van der Waals surface area contributed by atoms with Crippen molar-refractivity contribution in [3.63, 3.8) is 0 Å². The lowest BCUT2D eigenvalue weighted by atomic mass is 10.1. The minimum atomic E-state index is 0.0417. The number of unbranched alkanes of at least 4 members (excludes halogenated alkanes) is 4. The first kappa shape index (κ1) is 16.9. The van der Waals surface area contributed by atoms with Crippen LogP contribution in [0.15, 0.2) is 12.2 Å². The maximum atomic E-state index is 3.73. The number of hydrogen-bond acceptors (Lipinski definition) is 0. The van der Waals surface area contributed by atoms with Gasteiger partial charge in [0.15, 0.2) is 0 Å². The van der Waals surface area contributed by atoms with Crippen molar-refractivity contribution in [2.24, 2.45) is 0 Å². The molecule has 0 rings (SSSR count). The highest BCUT2D eigenvalue weighted by molar-refractivity contribution is 9.47. The van der Waals surface area contributed by atoms with E-state index in [0.29, 0.717) is 0 Å². The molecular formula is C10H19Br2Mg. The lowest BCUT2D eigenvalue weighted by Crippen LogP contribution is -1.73. The Morgan fingerprint density at radius 1 is 1.15 bits per heavy atom. The fourth-order valence-corrected chi connectivity index (χ4v) is 0.925. The molecule has 0 amide bonds. The molecule has 0 aromatic carbocycles. The molecule has 1 radical (unpaired) electrons. The van der Waals surface area contributed by atoms with Gasteiger partial charge in [-0.1, -0.05) is 38.3 Å². The second kappa shape index (κ2) is 19.1. The number of halogens is 2. The molecule has 0 unspecified atom stereocenters. The summed E-state index contributed by atoms with van der Waals surface area (Å²) in [4.78, 5) is 0. The van der Waals surface area contributed by atoms with Crippen molar-refractivity contribution >= 4 is 41.8 Å². The zero-order chi connectivity index (χ0) is 10.4. The second-order valence-electron chi connectivity index (χ2n) is 2.71. The first-order chi connectivity index (χ1) is 6.33. The Labute approximate surface area is 105 Å². The predicted octanol–water partition coefficient (Wildman–Crippen LogP) is 5.05. The Hall–Kier alpha value is 1.47. The standard InChI is InChI=1S/C10H19.2BrH.Mg/c1-3-5-7-9-10-8-6-4-2;;;/h5,7H,1,3-4,6,8-10H2,2H3;2*1H;/q;;;+2/p-2/b7-5-;;;. The van der Waals surface area contributed by atoms with Gasteiger partial charge in [0.1, 0.15) is 0 Å². The van der Waals surface area contributed by atoms with Crippen LogP contribution in [-0.2, 0) is 0 Å². The SMILES string of the molecule is [Br][Mg][Br].[CH2]C/C=C\CCCCCC. The number of allylic oxidation sites excluding steroid dienone is 2. The highest BCUT2D eigenvalue weighted by Crippen LogP contribution is 2.02. The van der Waals surface area contributed by atoms with Crippen LogP contribution in [-0.4, -0.2) is 16.0 Å². The lowest BCUT2D eigenvalue weighted by molar-refractivity contribution is 0.674. The molecule has 0 heterocycles. The van der Waals surface area contributed by atoms with Crippen molar-refractivity contribution < 1.29 is 0 Å². The van der Waals surface area contributed by atoms with Crippen LogP contribution in [0, 0.1) is 6.92 Å². The van der Waals surface area contributed by atoms with Gasteiger partial charge in [-0.25, -0.2) is 0 Å². The van der Waals surface area contributed by atoms with Crippen LogP contribution in [0.4, 0.5) is 0 Å². The van der Waals surface area contributed by atoms with E-state index in [-0.39, 0.29) is 16.0 Å². The van der Waals surface area contributed by atoms with Gasteiger partial charge in [0.05, 0.1) is 0 Å². The van der Waals surface area contributed by atoms with E-state index in [1.54, 1.807) is 0 Å². The Bertz CT molecular complexity index is 94.9. The molecule has 0 nitrogen and oxygen atoms in total. The normalized spacial score (nSPS) is 9.23. The van der Waals surface area contributed by atoms with Crippen LogP contribution in [0.3, 0.4) is 0 Å². The summed E-state index contributed by atoms with van der Waals surface area (Å²) in [6, 6.07) is 0. The topological polar surface area (TPSA) is 0 Å². The zero-order valence-corrected chi connectivity index (χ0v) is 13.2. The summed E-state index contributed by atoms with van der Waals surface area (Å²) >= 11 is 6.44. The van der Waals surface area contributed by atoms with Gasteiger partial charge < -0.3 is 0 Å². The molecule has 0 aliphatic rings. The summed E-state index contributed by atoms with van der Waals surface area (Å²) in [7, 11) is 0. The van der Waals surface area contributed by atoms with Gasteiger partial charge in [-0.2, -0.15) is 0 Å². The van der Waals surface area contributed by atoms with Crippen molar-refractivity contribution in [2.75, 3.05) is 0 Å². The molecule has 0 spiro atoms. The molecule has 0 aliphatic heterocycles. The summed E-state index contributed by atoms with van der Waals surface area (Å²) in [5, 5.41) is 0. The van der Waals surface area contributed by atoms with E-state index in [1.165, 1.54) is 32.1 Å². The Balaban J connectivity index is 0. The molecular weight excluding hydrogens is 304 g/mol. The molecule has 0 N–H and O–H groups in total. The van der Waals surface area contributed by atoms with Gasteiger partial charge in [0.25, 0.3) is 0 Å². The van der Waals surface area contributed by atoms with E-state index in [2.05, 4.69) is 51.8 Å². The lowest BCUT2D eigenvalue weighted by Gasteiger charge is -1.92. The maximum Gasteiger partial charge on any atom is 0.560 e. The summed E-state index contributed by atoms with van der Waals surface area (Å²) in [6.07, 6.45) is 12.0. The van der Waals surface area contributed by atoms with Gasteiger partial charge >= 0.3 is 16.0 Å². The van der Waals surface area contributed by atoms with Gasteiger partial charge in [0.2, 0.25) is 0 Å². The van der Waals surface area contributed by atoms with E-state index >= 15 is 0 Å². The van der Waals surface area contributed by atoms with Gasteiger partial charge in [-0.15, -0.1) is 0 Å². The van der Waals surface area contributed by atoms with Crippen LogP contribution in [0.5, 0.6) is 0 Å². The molecule has 0 bridgehead atoms. The van der Waals surface area contributed by atoms with Gasteiger partial charge in [-0.3, -0.25) is 25.8 Å². The van der Waals surface area contributed by atoms with E-state index in [1.807, 2.05) is 0 Å². The van der Waals surface area contributed by atoms with E-state index in [4.69, 9.17) is 0 Å². The Kier molecular flexibility index (Phi) is 24.8. The van der Waals surface area contributed by atoms with Gasteiger partial charge in [-0.05, 0) is 26.2 Å². The summed E-state index contributed by atoms with van der Waals surface area (Å²) < 4.78 is 0. The second-order valence-corrected chi connectivity index (χ2v) is 10.8. The predicted molar refractivity (Wildman–Crippen MR) is 71.5 cm³/mol. The minimum Gasteiger partial charge on any atom is -0.280 e. The third-order valence-electron chi connectivity index (χ3n) is 1.56. The molecule has 0 aromatic rings. The molecule has 0 aromatic heterocycles. The summed E-state index contributed by atoms with van der Waals surface area (Å²) in [6.45, 7) is 5.97. The highest BCUT2D eigenvalue weighted by atomic mass is 79.9. The van der Waals surface area contributed by atoms with Crippen LogP contribution in [0.25, 0.3) is 0 Å². The fraction of sp³-hybridized carbons (Fsp3) is 0.700. The molecule has 0 fully saturated rings.